The minimum absolute atomic E-state index is 0.105. The molecule has 0 saturated carbocycles. The lowest BCUT2D eigenvalue weighted by Crippen LogP contribution is -2.04. The van der Waals surface area contributed by atoms with Crippen LogP contribution in [0.25, 0.3) is 0 Å². The van der Waals surface area contributed by atoms with E-state index >= 15 is 0 Å². The lowest BCUT2D eigenvalue weighted by atomic mass is 10.1. The Kier molecular flexibility index (Phi) is 4.72. The quantitative estimate of drug-likeness (QED) is 0.585. The molecule has 0 atom stereocenters. The molecule has 20 heavy (non-hydrogen) atoms. The summed E-state index contributed by atoms with van der Waals surface area (Å²) in [5.74, 6) is -0.498. The van der Waals surface area contributed by atoms with Gasteiger partial charge in [-0.05, 0) is 46.3 Å². The lowest BCUT2D eigenvalue weighted by molar-refractivity contribution is -0.385. The molecule has 0 amide bonds. The summed E-state index contributed by atoms with van der Waals surface area (Å²) in [6, 6.07) is 8.92. The molecular formula is C13H9Br2FN2O2. The van der Waals surface area contributed by atoms with Crippen molar-refractivity contribution in [1.82, 2.24) is 0 Å². The van der Waals surface area contributed by atoms with E-state index in [0.717, 1.165) is 26.8 Å². The fourth-order valence-corrected chi connectivity index (χ4v) is 2.88. The van der Waals surface area contributed by atoms with Crippen molar-refractivity contribution in [3.63, 3.8) is 0 Å². The number of nitrogens with one attached hydrogen (secondary N) is 1. The molecule has 0 bridgehead atoms. The van der Waals surface area contributed by atoms with Crippen LogP contribution in [-0.2, 0) is 6.54 Å². The molecule has 0 spiro atoms. The summed E-state index contributed by atoms with van der Waals surface area (Å²) in [7, 11) is 0. The summed E-state index contributed by atoms with van der Waals surface area (Å²) < 4.78 is 14.9. The van der Waals surface area contributed by atoms with Gasteiger partial charge in [0.05, 0.1) is 10.5 Å². The van der Waals surface area contributed by atoms with E-state index in [1.165, 1.54) is 6.07 Å². The van der Waals surface area contributed by atoms with Crippen molar-refractivity contribution in [3.05, 3.63) is 66.8 Å². The molecule has 1 N–H and O–H groups in total. The highest BCUT2D eigenvalue weighted by atomic mass is 79.9. The first kappa shape index (κ1) is 14.9. The van der Waals surface area contributed by atoms with E-state index in [2.05, 4.69) is 37.2 Å². The van der Waals surface area contributed by atoms with Crippen molar-refractivity contribution in [2.45, 2.75) is 6.54 Å². The lowest BCUT2D eigenvalue weighted by Gasteiger charge is -2.09. The minimum Gasteiger partial charge on any atom is -0.380 e. The molecule has 7 heteroatoms. The molecule has 0 radical (unpaired) electrons. The van der Waals surface area contributed by atoms with Gasteiger partial charge in [0.1, 0.15) is 5.82 Å². The van der Waals surface area contributed by atoms with Gasteiger partial charge in [-0.3, -0.25) is 10.1 Å². The van der Waals surface area contributed by atoms with Crippen LogP contribution in [0.1, 0.15) is 5.56 Å². The molecule has 4 nitrogen and oxygen atoms in total. The number of benzene rings is 2. The van der Waals surface area contributed by atoms with E-state index in [4.69, 9.17) is 0 Å². The van der Waals surface area contributed by atoms with Crippen molar-refractivity contribution in [1.29, 1.82) is 0 Å². The van der Waals surface area contributed by atoms with Crippen LogP contribution in [0.15, 0.2) is 45.3 Å². The van der Waals surface area contributed by atoms with Crippen LogP contribution >= 0.6 is 31.9 Å². The molecule has 0 aliphatic heterocycles. The Labute approximate surface area is 131 Å². The SMILES string of the molecule is O=[N+]([O-])c1ccc(F)cc1CNc1ccc(Br)cc1Br. The van der Waals surface area contributed by atoms with Crippen LogP contribution in [-0.4, -0.2) is 4.92 Å². The van der Waals surface area contributed by atoms with E-state index < -0.39 is 10.7 Å². The van der Waals surface area contributed by atoms with Crippen LogP contribution in [0.5, 0.6) is 0 Å². The van der Waals surface area contributed by atoms with E-state index in [0.29, 0.717) is 5.56 Å². The largest absolute Gasteiger partial charge is 0.380 e. The first-order chi connectivity index (χ1) is 9.47. The monoisotopic (exact) mass is 402 g/mol. The molecular weight excluding hydrogens is 395 g/mol. The third-order valence-electron chi connectivity index (χ3n) is 2.64. The van der Waals surface area contributed by atoms with Crippen molar-refractivity contribution < 1.29 is 9.31 Å². The third-order valence-corrected chi connectivity index (χ3v) is 3.79. The van der Waals surface area contributed by atoms with Crippen molar-refractivity contribution in [2.24, 2.45) is 0 Å². The first-order valence-corrected chi connectivity index (χ1v) is 7.17. The van der Waals surface area contributed by atoms with Gasteiger partial charge in [0, 0.05) is 27.2 Å². The fourth-order valence-electron chi connectivity index (χ4n) is 1.70. The number of hydrogen-bond donors (Lipinski definition) is 1. The fraction of sp³-hybridized carbons (Fsp3) is 0.0769. The Hall–Kier alpha value is -1.47. The molecule has 0 fully saturated rings. The summed E-state index contributed by atoms with van der Waals surface area (Å²) in [6.07, 6.45) is 0. The number of rotatable bonds is 4. The molecule has 0 aromatic heterocycles. The van der Waals surface area contributed by atoms with Crippen LogP contribution < -0.4 is 5.32 Å². The molecule has 104 valence electrons. The van der Waals surface area contributed by atoms with Gasteiger partial charge >= 0.3 is 0 Å². The zero-order chi connectivity index (χ0) is 14.7. The second-order valence-electron chi connectivity index (χ2n) is 4.01. The maximum Gasteiger partial charge on any atom is 0.274 e. The molecule has 2 aromatic carbocycles. The topological polar surface area (TPSA) is 55.2 Å². The van der Waals surface area contributed by atoms with Gasteiger partial charge in [-0.15, -0.1) is 0 Å². The number of nitro benzene ring substituents is 1. The molecule has 0 heterocycles. The summed E-state index contributed by atoms with van der Waals surface area (Å²) in [6.45, 7) is 0.161. The van der Waals surface area contributed by atoms with Crippen LogP contribution in [0.4, 0.5) is 15.8 Å². The smallest absolute Gasteiger partial charge is 0.274 e. The molecule has 0 saturated heterocycles. The van der Waals surface area contributed by atoms with Crippen LogP contribution in [0, 0.1) is 15.9 Å². The molecule has 2 aromatic rings. The summed E-state index contributed by atoms with van der Waals surface area (Å²) in [5.41, 5.74) is 0.962. The Morgan fingerprint density at radius 3 is 2.60 bits per heavy atom. The number of anilines is 1. The molecule has 0 aliphatic carbocycles. The number of nitrogens with zero attached hydrogens (tertiary/aromatic N) is 1. The van der Waals surface area contributed by atoms with Gasteiger partial charge in [0.25, 0.3) is 5.69 Å². The van der Waals surface area contributed by atoms with Crippen molar-refractivity contribution in [3.8, 4) is 0 Å². The van der Waals surface area contributed by atoms with Crippen LogP contribution in [0.2, 0.25) is 0 Å². The molecule has 0 aliphatic rings. The van der Waals surface area contributed by atoms with E-state index in [1.54, 1.807) is 0 Å². The van der Waals surface area contributed by atoms with Gasteiger partial charge in [-0.25, -0.2) is 4.39 Å². The molecule has 2 rings (SSSR count). The van der Waals surface area contributed by atoms with Gasteiger partial charge in [0.15, 0.2) is 0 Å². The summed E-state index contributed by atoms with van der Waals surface area (Å²) in [5, 5.41) is 13.9. The third kappa shape index (κ3) is 3.55. The Morgan fingerprint density at radius 1 is 1.20 bits per heavy atom. The van der Waals surface area contributed by atoms with Gasteiger partial charge in [-0.1, -0.05) is 15.9 Å². The van der Waals surface area contributed by atoms with E-state index in [-0.39, 0.29) is 12.2 Å². The zero-order valence-electron chi connectivity index (χ0n) is 10.1. The first-order valence-electron chi connectivity index (χ1n) is 5.59. The Balaban J connectivity index is 2.22. The average molecular weight is 404 g/mol. The second-order valence-corrected chi connectivity index (χ2v) is 5.78. The van der Waals surface area contributed by atoms with Crippen molar-refractivity contribution in [2.75, 3.05) is 5.32 Å². The predicted octanol–water partition coefficient (Wildman–Crippen LogP) is 4.87. The number of hydrogen-bond acceptors (Lipinski definition) is 3. The minimum atomic E-state index is -0.521. The second kappa shape index (κ2) is 6.32. The number of nitro groups is 1. The average Bonchev–Trinajstić information content (AvgIpc) is 2.37. The molecule has 0 unspecified atom stereocenters. The normalized spacial score (nSPS) is 10.3. The van der Waals surface area contributed by atoms with Gasteiger partial charge in [-0.2, -0.15) is 0 Å². The Morgan fingerprint density at radius 2 is 1.95 bits per heavy atom. The summed E-state index contributed by atoms with van der Waals surface area (Å²) in [4.78, 5) is 10.4. The highest BCUT2D eigenvalue weighted by Gasteiger charge is 2.14. The van der Waals surface area contributed by atoms with E-state index in [9.17, 15) is 14.5 Å². The van der Waals surface area contributed by atoms with E-state index in [1.807, 2.05) is 18.2 Å². The zero-order valence-corrected chi connectivity index (χ0v) is 13.2. The predicted molar refractivity (Wildman–Crippen MR) is 82.2 cm³/mol. The maximum atomic E-state index is 13.2. The summed E-state index contributed by atoms with van der Waals surface area (Å²) >= 11 is 6.72. The van der Waals surface area contributed by atoms with Crippen LogP contribution in [0.3, 0.4) is 0 Å². The van der Waals surface area contributed by atoms with Crippen molar-refractivity contribution >= 4 is 43.2 Å². The van der Waals surface area contributed by atoms with Gasteiger partial charge < -0.3 is 5.32 Å². The standard InChI is InChI=1S/C13H9Br2FN2O2/c14-9-1-3-12(11(15)6-9)17-7-8-5-10(16)2-4-13(8)18(19)20/h1-6,17H,7H2. The highest BCUT2D eigenvalue weighted by Crippen LogP contribution is 2.27. The van der Waals surface area contributed by atoms with Gasteiger partial charge in [0.2, 0.25) is 0 Å². The Bertz CT molecular complexity index is 665. The maximum absolute atomic E-state index is 13.2. The highest BCUT2D eigenvalue weighted by molar-refractivity contribution is 9.11. The number of halogens is 3.